The molecule has 2 aromatic heterocycles. The molecule has 0 aromatic carbocycles. The molecule has 0 bridgehead atoms. The van der Waals surface area contributed by atoms with Gasteiger partial charge in [0.1, 0.15) is 15.9 Å². The Labute approximate surface area is 94.7 Å². The predicted molar refractivity (Wildman–Crippen MR) is 57.0 cm³/mol. The van der Waals surface area contributed by atoms with Gasteiger partial charge in [-0.2, -0.15) is 15.4 Å². The maximum atomic E-state index is 10.3. The molecule has 15 heavy (non-hydrogen) atoms. The fraction of sp³-hybridized carbons (Fsp3) is 0.222. The van der Waals surface area contributed by atoms with E-state index in [0.717, 1.165) is 0 Å². The first-order valence-corrected chi connectivity index (χ1v) is 5.11. The van der Waals surface area contributed by atoms with Gasteiger partial charge < -0.3 is 5.11 Å². The minimum Gasteiger partial charge on any atom is -0.377 e. The summed E-state index contributed by atoms with van der Waals surface area (Å²) >= 11 is 3.25. The second-order valence-corrected chi connectivity index (χ2v) is 4.09. The van der Waals surface area contributed by atoms with Crippen molar-refractivity contribution in [2.75, 3.05) is 0 Å². The highest BCUT2D eigenvalue weighted by atomic mass is 79.9. The summed E-state index contributed by atoms with van der Waals surface area (Å²) in [5, 5.41) is 20.2. The summed E-state index contributed by atoms with van der Waals surface area (Å²) in [6.45, 7) is 1.62. The second-order valence-electron chi connectivity index (χ2n) is 3.27. The summed E-state index contributed by atoms with van der Waals surface area (Å²) < 4.78 is 0.670. The summed E-state index contributed by atoms with van der Waals surface area (Å²) in [5.41, 5.74) is -0.282. The Balaban J connectivity index is 2.46. The van der Waals surface area contributed by atoms with Crippen molar-refractivity contribution in [3.63, 3.8) is 0 Å². The topological polar surface area (TPSA) is 74.7 Å². The fourth-order valence-electron chi connectivity index (χ4n) is 1.25. The first kappa shape index (κ1) is 10.3. The van der Waals surface area contributed by atoms with E-state index in [2.05, 4.69) is 36.3 Å². The van der Waals surface area contributed by atoms with Gasteiger partial charge in [-0.15, -0.1) is 0 Å². The summed E-state index contributed by atoms with van der Waals surface area (Å²) in [4.78, 5) is 4.19. The van der Waals surface area contributed by atoms with Crippen molar-refractivity contribution >= 4 is 15.9 Å². The Kier molecular flexibility index (Phi) is 2.54. The van der Waals surface area contributed by atoms with Gasteiger partial charge in [-0.1, -0.05) is 6.07 Å². The number of aromatic amines is 1. The zero-order valence-electron chi connectivity index (χ0n) is 7.98. The zero-order chi connectivity index (χ0) is 10.9. The van der Waals surface area contributed by atoms with Crippen LogP contribution in [-0.2, 0) is 5.60 Å². The molecule has 0 radical (unpaired) electrons. The molecule has 0 saturated carbocycles. The molecule has 1 unspecified atom stereocenters. The van der Waals surface area contributed by atoms with Crippen molar-refractivity contribution in [1.29, 1.82) is 0 Å². The number of nitrogens with one attached hydrogen (secondary N) is 1. The normalized spacial score (nSPS) is 14.9. The van der Waals surface area contributed by atoms with Crippen LogP contribution in [0.2, 0.25) is 0 Å². The van der Waals surface area contributed by atoms with Gasteiger partial charge in [-0.3, -0.25) is 0 Å². The second kappa shape index (κ2) is 3.71. The van der Waals surface area contributed by atoms with Crippen molar-refractivity contribution in [3.8, 4) is 0 Å². The molecule has 2 rings (SSSR count). The zero-order valence-corrected chi connectivity index (χ0v) is 9.56. The molecule has 0 aliphatic rings. The number of hydrogen-bond acceptors (Lipinski definition) is 4. The first-order chi connectivity index (χ1) is 7.10. The van der Waals surface area contributed by atoms with Crippen molar-refractivity contribution in [2.24, 2.45) is 0 Å². The highest BCUT2D eigenvalue weighted by molar-refractivity contribution is 9.10. The average Bonchev–Trinajstić information content (AvgIpc) is 2.71. The van der Waals surface area contributed by atoms with Crippen LogP contribution in [-0.4, -0.2) is 25.5 Å². The molecule has 6 heteroatoms. The maximum Gasteiger partial charge on any atom is 0.149 e. The van der Waals surface area contributed by atoms with Gasteiger partial charge >= 0.3 is 0 Å². The van der Waals surface area contributed by atoms with Crippen LogP contribution in [0.15, 0.2) is 29.0 Å². The minimum atomic E-state index is -1.24. The molecule has 2 N–H and O–H groups in total. The monoisotopic (exact) mass is 268 g/mol. The van der Waals surface area contributed by atoms with E-state index < -0.39 is 5.60 Å². The molecule has 2 heterocycles. The van der Waals surface area contributed by atoms with Crippen molar-refractivity contribution < 1.29 is 5.11 Å². The summed E-state index contributed by atoms with van der Waals surface area (Å²) in [7, 11) is 0. The van der Waals surface area contributed by atoms with E-state index in [1.807, 2.05) is 0 Å². The van der Waals surface area contributed by atoms with Crippen LogP contribution in [0, 0.1) is 0 Å². The lowest BCUT2D eigenvalue weighted by Crippen LogP contribution is -2.24. The maximum absolute atomic E-state index is 10.3. The number of nitrogens with zero attached hydrogens (tertiary/aromatic N) is 3. The molecule has 0 saturated heterocycles. The summed E-state index contributed by atoms with van der Waals surface area (Å²) in [6, 6.07) is 5.34. The van der Waals surface area contributed by atoms with Crippen LogP contribution < -0.4 is 0 Å². The van der Waals surface area contributed by atoms with E-state index in [4.69, 9.17) is 0 Å². The lowest BCUT2D eigenvalue weighted by atomic mass is 9.98. The van der Waals surface area contributed by atoms with Crippen LogP contribution in [0.25, 0.3) is 0 Å². The Hall–Kier alpha value is -1.27. The van der Waals surface area contributed by atoms with Crippen LogP contribution in [0.4, 0.5) is 0 Å². The number of aromatic nitrogens is 4. The standard InChI is InChI=1S/C9H9BrN4O/c1-9(15,7-5-11-14-13-7)6-3-2-4-8(10)12-6/h2-5,15H,1H3,(H,11,13,14). The van der Waals surface area contributed by atoms with Crippen LogP contribution in [0.3, 0.4) is 0 Å². The smallest absolute Gasteiger partial charge is 0.149 e. The largest absolute Gasteiger partial charge is 0.377 e. The summed E-state index contributed by atoms with van der Waals surface area (Å²) in [6.07, 6.45) is 1.47. The van der Waals surface area contributed by atoms with Crippen LogP contribution in [0.5, 0.6) is 0 Å². The van der Waals surface area contributed by atoms with Gasteiger partial charge in [-0.05, 0) is 35.0 Å². The van der Waals surface area contributed by atoms with Crippen LogP contribution in [0.1, 0.15) is 18.3 Å². The quantitative estimate of drug-likeness (QED) is 0.804. The van der Waals surface area contributed by atoms with Crippen molar-refractivity contribution in [1.82, 2.24) is 20.4 Å². The number of aliphatic hydroxyl groups is 1. The Bertz CT molecular complexity index is 455. The molecule has 0 aliphatic carbocycles. The Morgan fingerprint density at radius 3 is 2.80 bits per heavy atom. The van der Waals surface area contributed by atoms with E-state index >= 15 is 0 Å². The van der Waals surface area contributed by atoms with Crippen LogP contribution >= 0.6 is 15.9 Å². The fourth-order valence-corrected chi connectivity index (χ4v) is 1.59. The Morgan fingerprint density at radius 1 is 1.40 bits per heavy atom. The molecule has 0 spiro atoms. The third-order valence-electron chi connectivity index (χ3n) is 2.13. The number of pyridine rings is 1. The van der Waals surface area contributed by atoms with Gasteiger partial charge in [-0.25, -0.2) is 4.98 Å². The van der Waals surface area contributed by atoms with Gasteiger partial charge in [0.25, 0.3) is 0 Å². The lowest BCUT2D eigenvalue weighted by molar-refractivity contribution is 0.0923. The van der Waals surface area contributed by atoms with Gasteiger partial charge in [0.05, 0.1) is 11.9 Å². The van der Waals surface area contributed by atoms with Crippen molar-refractivity contribution in [3.05, 3.63) is 40.4 Å². The van der Waals surface area contributed by atoms with E-state index in [-0.39, 0.29) is 0 Å². The third-order valence-corrected chi connectivity index (χ3v) is 2.57. The van der Waals surface area contributed by atoms with E-state index in [1.54, 1.807) is 25.1 Å². The molecule has 1 atom stereocenters. The minimum absolute atomic E-state index is 0.438. The molecule has 2 aromatic rings. The van der Waals surface area contributed by atoms with Gasteiger partial charge in [0.2, 0.25) is 0 Å². The lowest BCUT2D eigenvalue weighted by Gasteiger charge is -2.19. The number of H-pyrrole nitrogens is 1. The van der Waals surface area contributed by atoms with E-state index in [1.165, 1.54) is 6.20 Å². The van der Waals surface area contributed by atoms with E-state index in [0.29, 0.717) is 16.0 Å². The number of rotatable bonds is 2. The Morgan fingerprint density at radius 2 is 2.20 bits per heavy atom. The highest BCUT2D eigenvalue weighted by Crippen LogP contribution is 2.25. The number of halogens is 1. The molecule has 0 aliphatic heterocycles. The van der Waals surface area contributed by atoms with Gasteiger partial charge in [0.15, 0.2) is 0 Å². The highest BCUT2D eigenvalue weighted by Gasteiger charge is 2.29. The molecular weight excluding hydrogens is 260 g/mol. The molecule has 5 nitrogen and oxygen atoms in total. The SMILES string of the molecule is CC(O)(c1cn[nH]n1)c1cccc(Br)n1. The van der Waals surface area contributed by atoms with Crippen molar-refractivity contribution in [2.45, 2.75) is 12.5 Å². The molecule has 78 valence electrons. The molecule has 0 fully saturated rings. The third kappa shape index (κ3) is 1.91. The first-order valence-electron chi connectivity index (χ1n) is 4.32. The van der Waals surface area contributed by atoms with E-state index in [9.17, 15) is 5.11 Å². The molecular formula is C9H9BrN4O. The number of hydrogen-bond donors (Lipinski definition) is 2. The average molecular weight is 269 g/mol. The molecule has 0 amide bonds. The summed E-state index contributed by atoms with van der Waals surface area (Å²) in [5.74, 6) is 0. The predicted octanol–water partition coefficient (Wildman–Crippen LogP) is 1.22. The van der Waals surface area contributed by atoms with Gasteiger partial charge in [0, 0.05) is 0 Å².